The number of esters is 1. The van der Waals surface area contributed by atoms with Crippen molar-refractivity contribution in [1.82, 2.24) is 0 Å². The van der Waals surface area contributed by atoms with Gasteiger partial charge in [0.25, 0.3) is 0 Å². The molecule has 158 valence electrons. The third-order valence-electron chi connectivity index (χ3n) is 5.69. The van der Waals surface area contributed by atoms with Crippen LogP contribution in [0.4, 0.5) is 0 Å². The van der Waals surface area contributed by atoms with Crippen molar-refractivity contribution in [2.24, 2.45) is 11.7 Å². The van der Waals surface area contributed by atoms with Gasteiger partial charge in [0.05, 0.1) is 0 Å². The topological polar surface area (TPSA) is 89.6 Å². The highest BCUT2D eigenvalue weighted by molar-refractivity contribution is 14.1. The number of carboxylic acid groups (broad SMARTS) is 1. The van der Waals surface area contributed by atoms with Crippen molar-refractivity contribution in [3.63, 3.8) is 0 Å². The van der Waals surface area contributed by atoms with E-state index in [2.05, 4.69) is 22.6 Å². The van der Waals surface area contributed by atoms with E-state index >= 15 is 0 Å². The summed E-state index contributed by atoms with van der Waals surface area (Å²) in [6.45, 7) is 0.0763. The fourth-order valence-corrected chi connectivity index (χ4v) is 4.52. The molecule has 0 bridgehead atoms. The quantitative estimate of drug-likeness (QED) is 0.273. The summed E-state index contributed by atoms with van der Waals surface area (Å²) in [7, 11) is 0. The highest BCUT2D eigenvalue weighted by Gasteiger charge is 2.36. The number of hydrogen-bond acceptors (Lipinski definition) is 4. The predicted molar refractivity (Wildman–Crippen MR) is 127 cm³/mol. The van der Waals surface area contributed by atoms with E-state index in [1.165, 1.54) is 0 Å². The molecule has 6 heteroatoms. The molecule has 0 unspecified atom stereocenters. The maximum atomic E-state index is 12.8. The fraction of sp³-hybridized carbons (Fsp3) is 0.200. The van der Waals surface area contributed by atoms with Crippen LogP contribution >= 0.6 is 22.6 Å². The van der Waals surface area contributed by atoms with E-state index in [-0.39, 0.29) is 18.9 Å². The molecule has 0 aliphatic heterocycles. The van der Waals surface area contributed by atoms with E-state index in [1.807, 2.05) is 72.8 Å². The molecular weight excluding hydrogens is 505 g/mol. The molecule has 31 heavy (non-hydrogen) atoms. The molecule has 0 heterocycles. The van der Waals surface area contributed by atoms with Gasteiger partial charge in [-0.05, 0) is 69.0 Å². The summed E-state index contributed by atoms with van der Waals surface area (Å²) in [5, 5.41) is 9.66. The smallest absolute Gasteiger partial charge is 0.321 e. The van der Waals surface area contributed by atoms with Crippen molar-refractivity contribution in [1.29, 1.82) is 0 Å². The molecule has 3 aromatic carbocycles. The van der Waals surface area contributed by atoms with Gasteiger partial charge in [-0.25, -0.2) is 0 Å². The van der Waals surface area contributed by atoms with Crippen LogP contribution in [0.1, 0.15) is 22.6 Å². The summed E-state index contributed by atoms with van der Waals surface area (Å²) >= 11 is 2.20. The van der Waals surface area contributed by atoms with Crippen molar-refractivity contribution in [2.45, 2.75) is 18.4 Å². The summed E-state index contributed by atoms with van der Waals surface area (Å²) < 4.78 is 6.61. The number of benzene rings is 3. The molecule has 3 N–H and O–H groups in total. The van der Waals surface area contributed by atoms with Crippen LogP contribution in [0.2, 0.25) is 0 Å². The van der Waals surface area contributed by atoms with E-state index in [9.17, 15) is 14.7 Å². The largest absolute Gasteiger partial charge is 0.481 e. The second-order valence-electron chi connectivity index (χ2n) is 7.67. The molecule has 0 saturated carbocycles. The average Bonchev–Trinajstić information content (AvgIpc) is 3.07. The highest BCUT2D eigenvalue weighted by atomic mass is 127. The summed E-state index contributed by atoms with van der Waals surface area (Å²) in [5.74, 6) is -3.62. The summed E-state index contributed by atoms with van der Waals surface area (Å²) in [5.41, 5.74) is 11.4. The Bertz CT molecular complexity index is 1070. The Hall–Kier alpha value is -2.71. The molecule has 0 radical (unpaired) electrons. The Morgan fingerprint density at radius 2 is 1.48 bits per heavy atom. The number of carbonyl (C=O) groups is 2. The molecular formula is C25H22INO4. The zero-order valence-electron chi connectivity index (χ0n) is 16.7. The Balaban J connectivity index is 1.49. The number of carboxylic acids is 1. The zero-order valence-corrected chi connectivity index (χ0v) is 18.9. The Labute approximate surface area is 194 Å². The monoisotopic (exact) mass is 527 g/mol. The molecule has 0 amide bonds. The average molecular weight is 527 g/mol. The van der Waals surface area contributed by atoms with Crippen molar-refractivity contribution in [2.75, 3.05) is 6.61 Å². The van der Waals surface area contributed by atoms with Crippen LogP contribution in [0.5, 0.6) is 0 Å². The van der Waals surface area contributed by atoms with Gasteiger partial charge in [0.15, 0.2) is 5.92 Å². The van der Waals surface area contributed by atoms with Gasteiger partial charge in [0.1, 0.15) is 6.61 Å². The van der Waals surface area contributed by atoms with Crippen molar-refractivity contribution in [3.05, 3.63) is 93.1 Å². The third kappa shape index (κ3) is 4.50. The lowest BCUT2D eigenvalue weighted by atomic mass is 9.94. The molecule has 4 rings (SSSR count). The molecule has 1 aliphatic carbocycles. The number of fused-ring (bicyclic) bond motifs is 3. The lowest BCUT2D eigenvalue weighted by Gasteiger charge is -2.21. The van der Waals surface area contributed by atoms with Gasteiger partial charge in [0.2, 0.25) is 0 Å². The van der Waals surface area contributed by atoms with Crippen molar-refractivity contribution >= 4 is 34.5 Å². The van der Waals surface area contributed by atoms with Crippen LogP contribution < -0.4 is 5.73 Å². The second kappa shape index (κ2) is 9.20. The van der Waals surface area contributed by atoms with Crippen LogP contribution in [-0.2, 0) is 20.7 Å². The fourth-order valence-electron chi connectivity index (χ4n) is 4.16. The highest BCUT2D eigenvalue weighted by Crippen LogP contribution is 2.44. The summed E-state index contributed by atoms with van der Waals surface area (Å²) in [4.78, 5) is 24.6. The minimum Gasteiger partial charge on any atom is -0.481 e. The third-order valence-corrected chi connectivity index (χ3v) is 6.41. The van der Waals surface area contributed by atoms with Crippen molar-refractivity contribution in [3.8, 4) is 11.1 Å². The van der Waals surface area contributed by atoms with Gasteiger partial charge in [-0.15, -0.1) is 0 Å². The van der Waals surface area contributed by atoms with E-state index < -0.39 is 23.9 Å². The molecule has 0 fully saturated rings. The maximum Gasteiger partial charge on any atom is 0.321 e. The number of carbonyl (C=O) groups excluding carboxylic acids is 1. The summed E-state index contributed by atoms with van der Waals surface area (Å²) in [6, 6.07) is 22.7. The minimum absolute atomic E-state index is 0.0763. The summed E-state index contributed by atoms with van der Waals surface area (Å²) in [6.07, 6.45) is 0.276. The van der Waals surface area contributed by atoms with E-state index in [4.69, 9.17) is 10.5 Å². The number of hydrogen-bond donors (Lipinski definition) is 2. The minimum atomic E-state index is -1.42. The molecule has 5 nitrogen and oxygen atoms in total. The lowest BCUT2D eigenvalue weighted by Crippen LogP contribution is -2.43. The van der Waals surface area contributed by atoms with Crippen LogP contribution in [0.15, 0.2) is 72.8 Å². The van der Waals surface area contributed by atoms with Gasteiger partial charge < -0.3 is 15.6 Å². The molecule has 0 saturated heterocycles. The van der Waals surface area contributed by atoms with E-state index in [1.54, 1.807) is 0 Å². The van der Waals surface area contributed by atoms with Crippen LogP contribution in [0.25, 0.3) is 11.1 Å². The van der Waals surface area contributed by atoms with Crippen molar-refractivity contribution < 1.29 is 19.4 Å². The Morgan fingerprint density at radius 1 is 0.935 bits per heavy atom. The number of rotatable bonds is 7. The van der Waals surface area contributed by atoms with E-state index in [0.29, 0.717) is 0 Å². The van der Waals surface area contributed by atoms with Crippen LogP contribution in [0, 0.1) is 9.49 Å². The van der Waals surface area contributed by atoms with Gasteiger partial charge in [-0.3, -0.25) is 9.59 Å². The molecule has 0 aromatic heterocycles. The zero-order chi connectivity index (χ0) is 22.0. The molecule has 3 aromatic rings. The van der Waals surface area contributed by atoms with Gasteiger partial charge >= 0.3 is 11.9 Å². The SMILES string of the molecule is N[C@@H](Cc1ccc(I)cc1)[C@@H](C(=O)O)C(=O)OCC1c2ccccc2-c2ccccc21. The second-order valence-corrected chi connectivity index (χ2v) is 8.91. The van der Waals surface area contributed by atoms with Gasteiger partial charge in [-0.2, -0.15) is 0 Å². The first kappa shape index (κ1) is 21.5. The van der Waals surface area contributed by atoms with Crippen LogP contribution in [0.3, 0.4) is 0 Å². The number of ether oxygens (including phenoxy) is 1. The lowest BCUT2D eigenvalue weighted by molar-refractivity contribution is -0.159. The normalized spacial score (nSPS) is 14.4. The number of nitrogens with two attached hydrogens (primary N) is 1. The standard InChI is InChI=1S/C25H22INO4/c26-16-11-9-15(10-12-16)13-22(27)23(24(28)29)25(30)31-14-21-19-7-3-1-5-17(19)18-6-2-4-8-20(18)21/h1-12,21-23H,13-14,27H2,(H,28,29)/t22-,23-/m0/s1. The Morgan fingerprint density at radius 3 is 2.03 bits per heavy atom. The van der Waals surface area contributed by atoms with Gasteiger partial charge in [0, 0.05) is 15.5 Å². The predicted octanol–water partition coefficient (Wildman–Crippen LogP) is 4.22. The number of halogens is 1. The first-order valence-corrected chi connectivity index (χ1v) is 11.1. The van der Waals surface area contributed by atoms with E-state index in [0.717, 1.165) is 31.4 Å². The molecule has 0 spiro atoms. The van der Waals surface area contributed by atoms with Crippen LogP contribution in [-0.4, -0.2) is 29.7 Å². The molecule has 2 atom stereocenters. The van der Waals surface area contributed by atoms with Gasteiger partial charge in [-0.1, -0.05) is 60.7 Å². The first-order chi connectivity index (χ1) is 15.0. The maximum absolute atomic E-state index is 12.8. The molecule has 1 aliphatic rings. The number of aliphatic carboxylic acids is 1. The first-order valence-electron chi connectivity index (χ1n) is 10.0. The Kier molecular flexibility index (Phi) is 6.38.